The zero-order valence-corrected chi connectivity index (χ0v) is 9.46. The molecule has 0 aliphatic carbocycles. The monoisotopic (exact) mass is 245 g/mol. The summed E-state index contributed by atoms with van der Waals surface area (Å²) in [6, 6.07) is 2.86. The van der Waals surface area contributed by atoms with Crippen molar-refractivity contribution in [3.8, 4) is 0 Å². The van der Waals surface area contributed by atoms with E-state index >= 15 is 0 Å². The topological polar surface area (TPSA) is 12.0 Å². The molecular formula is C9H12BrNS. The summed E-state index contributed by atoms with van der Waals surface area (Å²) in [6.45, 7) is 3.37. The third-order valence-corrected chi connectivity index (χ3v) is 4.05. The zero-order valence-electron chi connectivity index (χ0n) is 7.06. The van der Waals surface area contributed by atoms with Crippen molar-refractivity contribution in [1.82, 2.24) is 5.32 Å². The van der Waals surface area contributed by atoms with E-state index in [1.807, 2.05) is 11.3 Å². The van der Waals surface area contributed by atoms with E-state index in [4.69, 9.17) is 0 Å². The van der Waals surface area contributed by atoms with Gasteiger partial charge in [0, 0.05) is 17.5 Å². The number of fused-ring (bicyclic) bond motifs is 1. The Kier molecular flexibility index (Phi) is 2.53. The van der Waals surface area contributed by atoms with Gasteiger partial charge in [-0.05, 0) is 40.4 Å². The summed E-state index contributed by atoms with van der Waals surface area (Å²) >= 11 is 5.43. The Hall–Kier alpha value is 0.140. The predicted molar refractivity (Wildman–Crippen MR) is 56.8 cm³/mol. The molecule has 1 aromatic rings. The van der Waals surface area contributed by atoms with Gasteiger partial charge in [-0.1, -0.05) is 6.92 Å². The molecule has 1 unspecified atom stereocenters. The van der Waals surface area contributed by atoms with Crippen molar-refractivity contribution in [2.45, 2.75) is 25.8 Å². The lowest BCUT2D eigenvalue weighted by molar-refractivity contribution is 0.497. The van der Waals surface area contributed by atoms with Crippen molar-refractivity contribution in [2.75, 3.05) is 6.54 Å². The molecule has 3 heteroatoms. The van der Waals surface area contributed by atoms with Crippen LogP contribution in [0, 0.1) is 0 Å². The molecule has 0 saturated heterocycles. The fraction of sp³-hybridized carbons (Fsp3) is 0.556. The van der Waals surface area contributed by atoms with Crippen LogP contribution in [0.15, 0.2) is 9.85 Å². The van der Waals surface area contributed by atoms with E-state index in [0.29, 0.717) is 6.04 Å². The van der Waals surface area contributed by atoms with Gasteiger partial charge in [0.2, 0.25) is 0 Å². The van der Waals surface area contributed by atoms with Crippen LogP contribution in [0.3, 0.4) is 0 Å². The first-order chi connectivity index (χ1) is 5.81. The summed E-state index contributed by atoms with van der Waals surface area (Å²) in [4.78, 5) is 1.56. The third-order valence-electron chi connectivity index (χ3n) is 2.34. The highest BCUT2D eigenvalue weighted by Crippen LogP contribution is 2.34. The molecule has 1 N–H and O–H groups in total. The molecule has 2 heterocycles. The lowest BCUT2D eigenvalue weighted by atomic mass is 10.0. The molecule has 2 rings (SSSR count). The van der Waals surface area contributed by atoms with Gasteiger partial charge in [-0.15, -0.1) is 11.3 Å². The number of halogens is 1. The molecule has 1 aliphatic heterocycles. The van der Waals surface area contributed by atoms with Crippen LogP contribution in [0.25, 0.3) is 0 Å². The van der Waals surface area contributed by atoms with E-state index in [0.717, 1.165) is 6.54 Å². The maximum Gasteiger partial charge on any atom is 0.0704 e. The summed E-state index contributed by atoms with van der Waals surface area (Å²) in [7, 11) is 0. The highest BCUT2D eigenvalue weighted by molar-refractivity contribution is 9.11. The van der Waals surface area contributed by atoms with Gasteiger partial charge in [0.05, 0.1) is 3.79 Å². The molecule has 0 bridgehead atoms. The maximum atomic E-state index is 3.54. The Bertz CT molecular complexity index is 282. The van der Waals surface area contributed by atoms with E-state index in [9.17, 15) is 0 Å². The average Bonchev–Trinajstić information content (AvgIpc) is 2.44. The quantitative estimate of drug-likeness (QED) is 0.802. The van der Waals surface area contributed by atoms with Gasteiger partial charge in [0.1, 0.15) is 0 Å². The molecule has 1 nitrogen and oxygen atoms in total. The molecule has 1 aromatic heterocycles. The lowest BCUT2D eigenvalue weighted by Crippen LogP contribution is -2.27. The second-order valence-corrected chi connectivity index (χ2v) is 5.61. The van der Waals surface area contributed by atoms with Gasteiger partial charge in [-0.2, -0.15) is 0 Å². The van der Waals surface area contributed by atoms with Crippen molar-refractivity contribution in [1.29, 1.82) is 0 Å². The zero-order chi connectivity index (χ0) is 8.55. The number of hydrogen-bond acceptors (Lipinski definition) is 2. The Balaban J connectivity index is 2.36. The smallest absolute Gasteiger partial charge is 0.0704 e. The second-order valence-electron chi connectivity index (χ2n) is 3.09. The minimum Gasteiger partial charge on any atom is -0.310 e. The molecule has 12 heavy (non-hydrogen) atoms. The van der Waals surface area contributed by atoms with Gasteiger partial charge in [0.25, 0.3) is 0 Å². The van der Waals surface area contributed by atoms with Gasteiger partial charge in [-0.25, -0.2) is 0 Å². The van der Waals surface area contributed by atoms with Crippen LogP contribution in [0.1, 0.15) is 29.8 Å². The molecule has 0 aromatic carbocycles. The largest absolute Gasteiger partial charge is 0.310 e. The minimum atomic E-state index is 0.594. The summed E-state index contributed by atoms with van der Waals surface area (Å²) in [5.74, 6) is 0. The molecule has 0 saturated carbocycles. The molecule has 0 fully saturated rings. The fourth-order valence-corrected chi connectivity index (χ4v) is 3.51. The first kappa shape index (κ1) is 8.73. The average molecular weight is 246 g/mol. The van der Waals surface area contributed by atoms with Crippen LogP contribution in [-0.2, 0) is 6.42 Å². The highest BCUT2D eigenvalue weighted by Gasteiger charge is 2.19. The summed E-state index contributed by atoms with van der Waals surface area (Å²) < 4.78 is 1.27. The van der Waals surface area contributed by atoms with Crippen LogP contribution >= 0.6 is 27.3 Å². The van der Waals surface area contributed by atoms with Gasteiger partial charge in [-0.3, -0.25) is 0 Å². The van der Waals surface area contributed by atoms with Crippen LogP contribution in [0.2, 0.25) is 0 Å². The predicted octanol–water partition coefficient (Wildman–Crippen LogP) is 3.11. The van der Waals surface area contributed by atoms with Crippen LogP contribution in [0.5, 0.6) is 0 Å². The number of nitrogens with one attached hydrogen (secondary N) is 1. The standard InChI is InChI=1S/C9H12BrNS/c1-2-7-6-5-9(10)12-8(6)3-4-11-7/h5,7,11H,2-4H2,1H3. The minimum absolute atomic E-state index is 0.594. The summed E-state index contributed by atoms with van der Waals surface area (Å²) in [6.07, 6.45) is 2.39. The summed E-state index contributed by atoms with van der Waals surface area (Å²) in [5, 5.41) is 3.52. The lowest BCUT2D eigenvalue weighted by Gasteiger charge is -2.22. The molecular weight excluding hydrogens is 234 g/mol. The van der Waals surface area contributed by atoms with Gasteiger partial charge in [0.15, 0.2) is 0 Å². The van der Waals surface area contributed by atoms with Crippen molar-refractivity contribution >= 4 is 27.3 Å². The molecule has 0 spiro atoms. The van der Waals surface area contributed by atoms with Crippen molar-refractivity contribution in [2.24, 2.45) is 0 Å². The van der Waals surface area contributed by atoms with Crippen molar-refractivity contribution < 1.29 is 0 Å². The molecule has 1 aliphatic rings. The van der Waals surface area contributed by atoms with Crippen LogP contribution < -0.4 is 5.32 Å². The third kappa shape index (κ3) is 1.45. The molecule has 1 atom stereocenters. The summed E-state index contributed by atoms with van der Waals surface area (Å²) in [5.41, 5.74) is 1.51. The normalized spacial score (nSPS) is 22.3. The molecule has 0 amide bonds. The number of thiophene rings is 1. The van der Waals surface area contributed by atoms with Crippen LogP contribution in [-0.4, -0.2) is 6.54 Å². The van der Waals surface area contributed by atoms with E-state index in [1.165, 1.54) is 22.2 Å². The Morgan fingerprint density at radius 3 is 3.33 bits per heavy atom. The van der Waals surface area contributed by atoms with Gasteiger partial charge < -0.3 is 5.32 Å². The van der Waals surface area contributed by atoms with Crippen molar-refractivity contribution in [3.05, 3.63) is 20.3 Å². The van der Waals surface area contributed by atoms with Crippen LogP contribution in [0.4, 0.5) is 0 Å². The second kappa shape index (κ2) is 3.48. The highest BCUT2D eigenvalue weighted by atomic mass is 79.9. The first-order valence-corrected chi connectivity index (χ1v) is 5.93. The van der Waals surface area contributed by atoms with Gasteiger partial charge >= 0.3 is 0 Å². The molecule has 66 valence electrons. The SMILES string of the molecule is CCC1NCCc2sc(Br)cc21. The Morgan fingerprint density at radius 2 is 2.58 bits per heavy atom. The van der Waals surface area contributed by atoms with E-state index in [-0.39, 0.29) is 0 Å². The van der Waals surface area contributed by atoms with Crippen molar-refractivity contribution in [3.63, 3.8) is 0 Å². The fourth-order valence-electron chi connectivity index (χ4n) is 1.73. The van der Waals surface area contributed by atoms with E-state index in [1.54, 1.807) is 4.88 Å². The van der Waals surface area contributed by atoms with E-state index in [2.05, 4.69) is 34.2 Å². The Morgan fingerprint density at radius 1 is 1.75 bits per heavy atom. The number of rotatable bonds is 1. The first-order valence-electron chi connectivity index (χ1n) is 4.32. The molecule has 0 radical (unpaired) electrons. The number of hydrogen-bond donors (Lipinski definition) is 1. The Labute approximate surface area is 85.3 Å². The van der Waals surface area contributed by atoms with E-state index < -0.39 is 0 Å². The maximum absolute atomic E-state index is 3.54.